The number of esters is 1. The second-order valence-electron chi connectivity index (χ2n) is 22.0. The molecule has 3 aliphatic rings. The van der Waals surface area contributed by atoms with Crippen molar-refractivity contribution in [2.24, 2.45) is 11.7 Å². The van der Waals surface area contributed by atoms with Gasteiger partial charge in [-0.25, -0.2) is 19.4 Å². The van der Waals surface area contributed by atoms with Crippen molar-refractivity contribution in [3.8, 4) is 17.1 Å². The topological polar surface area (TPSA) is 318 Å². The number of fused-ring (bicyclic) bond motifs is 7. The first-order valence-electron chi connectivity index (χ1n) is 29.3. The molecule has 23 heteroatoms. The number of carbonyl (C=O) groups excluding carboxylic acids is 8. The lowest BCUT2D eigenvalue weighted by atomic mass is 9.85. The van der Waals surface area contributed by atoms with E-state index in [-0.39, 0.29) is 100 Å². The number of para-hydroxylation sites is 1. The van der Waals surface area contributed by atoms with Crippen LogP contribution in [0.1, 0.15) is 111 Å². The number of aromatic hydroxyl groups is 1. The number of carbonyl (C=O) groups is 8. The van der Waals surface area contributed by atoms with Crippen LogP contribution in [-0.4, -0.2) is 100 Å². The summed E-state index contributed by atoms with van der Waals surface area (Å²) in [5.41, 5.74) is 10.8. The van der Waals surface area contributed by atoms with Gasteiger partial charge in [-0.05, 0) is 109 Å². The van der Waals surface area contributed by atoms with E-state index in [1.807, 2.05) is 67.6 Å². The molecule has 4 atom stereocenters. The van der Waals surface area contributed by atoms with Crippen LogP contribution in [0.25, 0.3) is 34.4 Å². The Morgan fingerprint density at radius 2 is 1.55 bits per heavy atom. The Bertz CT molecular complexity index is 3790. The van der Waals surface area contributed by atoms with E-state index in [2.05, 4.69) is 26.6 Å². The fraction of sp³-hybridized carbons (Fsp3) is 0.354. The summed E-state index contributed by atoms with van der Waals surface area (Å²) in [6.07, 6.45) is 2.36. The second kappa shape index (κ2) is 27.6. The minimum atomic E-state index is -2.04. The van der Waals surface area contributed by atoms with E-state index in [0.717, 1.165) is 38.9 Å². The number of phenols is 1. The molecule has 0 saturated carbocycles. The first-order chi connectivity index (χ1) is 42.3. The number of rotatable bonds is 23. The normalized spacial score (nSPS) is 15.9. The molecule has 1 unspecified atom stereocenters. The molecule has 9 rings (SSSR count). The minimum absolute atomic E-state index is 0.0410. The van der Waals surface area contributed by atoms with Crippen LogP contribution in [-0.2, 0) is 86.0 Å². The standard InChI is InChI=1S/C65H71N9O14/c1-6-45-46-31-44(75)24-25-50(46)70-57-47(45)34-74-53(57)32-49-48(61(74)81)36-86-62(82)65(49,7-2)88-64(84)87-35-39-18-22-43(23-19-39)69-59(79)51(16-12-28-68-63(66)83)71-60(80)56(37(3)4)72-58(78)38(5)85-30-29-67-54(76)26-27-55(77)73-33-42-15-9-8-13-40(42)20-21-41-14-10-11-17-52(41)73/h8-11,13-15,17-25,31-32,37-38,51,56,75H,6-7,12,16,26-30,33-36H2,1-5H3,(H,67,76)(H,69,79)(H,71,80)(H,72,78)(H3,66,68,83)/b21-20-/t38?,51-,56-,65-/m0/s1. The maximum atomic E-state index is 14.2. The quantitative estimate of drug-likeness (QED) is 0.0258. The van der Waals surface area contributed by atoms with Crippen molar-refractivity contribution in [2.45, 2.75) is 123 Å². The fourth-order valence-corrected chi connectivity index (χ4v) is 11.1. The van der Waals surface area contributed by atoms with Crippen LogP contribution in [0.15, 0.2) is 102 Å². The maximum Gasteiger partial charge on any atom is 0.510 e. The number of cyclic esters (lactones) is 1. The average molecular weight is 1200 g/mol. The summed E-state index contributed by atoms with van der Waals surface area (Å²) in [5.74, 6) is -3.77. The summed E-state index contributed by atoms with van der Waals surface area (Å²) in [5, 5.41) is 24.4. The Morgan fingerprint density at radius 3 is 2.28 bits per heavy atom. The molecule has 8 N–H and O–H groups in total. The zero-order valence-corrected chi connectivity index (χ0v) is 49.6. The summed E-state index contributed by atoms with van der Waals surface area (Å²) < 4.78 is 24.1. The lowest BCUT2D eigenvalue weighted by Gasteiger charge is -2.35. The molecule has 460 valence electrons. The number of anilines is 2. The molecule has 0 saturated heterocycles. The van der Waals surface area contributed by atoms with Gasteiger partial charge < -0.3 is 65.8 Å². The summed E-state index contributed by atoms with van der Waals surface area (Å²) in [6, 6.07) is 25.1. The predicted molar refractivity (Wildman–Crippen MR) is 326 cm³/mol. The number of nitrogens with one attached hydrogen (secondary N) is 5. The lowest BCUT2D eigenvalue weighted by Crippen LogP contribution is -2.56. The molecule has 0 bridgehead atoms. The van der Waals surface area contributed by atoms with E-state index in [9.17, 15) is 48.3 Å². The number of hydrogen-bond acceptors (Lipinski definition) is 15. The van der Waals surface area contributed by atoms with Gasteiger partial charge in [0.1, 0.15) is 37.2 Å². The van der Waals surface area contributed by atoms with Crippen LogP contribution < -0.4 is 42.8 Å². The molecule has 23 nitrogen and oxygen atoms in total. The summed E-state index contributed by atoms with van der Waals surface area (Å²) in [7, 11) is 0. The highest BCUT2D eigenvalue weighted by Crippen LogP contribution is 2.43. The van der Waals surface area contributed by atoms with Crippen molar-refractivity contribution in [1.29, 1.82) is 0 Å². The van der Waals surface area contributed by atoms with Crippen LogP contribution in [0.3, 0.4) is 0 Å². The molecular formula is C65H71N9O14. The number of ether oxygens (including phenoxy) is 4. The number of amides is 7. The highest BCUT2D eigenvalue weighted by atomic mass is 16.7. The average Bonchev–Trinajstić information content (AvgIpc) is 1.45. The fourth-order valence-electron chi connectivity index (χ4n) is 11.1. The van der Waals surface area contributed by atoms with Gasteiger partial charge >= 0.3 is 18.2 Å². The molecule has 7 amide bonds. The highest BCUT2D eigenvalue weighted by molar-refractivity contribution is 6.00. The van der Waals surface area contributed by atoms with Crippen molar-refractivity contribution in [2.75, 3.05) is 29.9 Å². The number of hydrogen-bond donors (Lipinski definition) is 7. The second-order valence-corrected chi connectivity index (χ2v) is 22.0. The maximum absolute atomic E-state index is 14.2. The Morgan fingerprint density at radius 1 is 0.807 bits per heavy atom. The number of primary amides is 1. The number of urea groups is 1. The predicted octanol–water partition coefficient (Wildman–Crippen LogP) is 6.74. The number of aromatic nitrogens is 2. The minimum Gasteiger partial charge on any atom is -0.508 e. The Hall–Kier alpha value is -9.90. The van der Waals surface area contributed by atoms with Crippen molar-refractivity contribution in [3.05, 3.63) is 152 Å². The Labute approximate surface area is 507 Å². The van der Waals surface area contributed by atoms with Crippen molar-refractivity contribution >= 4 is 82.1 Å². The van der Waals surface area contributed by atoms with Crippen molar-refractivity contribution in [3.63, 3.8) is 0 Å². The van der Waals surface area contributed by atoms with Gasteiger partial charge in [0, 0.05) is 48.1 Å². The summed E-state index contributed by atoms with van der Waals surface area (Å²) in [6.45, 7) is 8.46. The van der Waals surface area contributed by atoms with E-state index in [0.29, 0.717) is 41.1 Å². The van der Waals surface area contributed by atoms with Crippen molar-refractivity contribution < 1.29 is 62.4 Å². The van der Waals surface area contributed by atoms with Gasteiger partial charge in [-0.1, -0.05) is 94.4 Å². The lowest BCUT2D eigenvalue weighted by molar-refractivity contribution is -0.175. The number of aryl methyl sites for hydroxylation is 1. The van der Waals surface area contributed by atoms with E-state index in [1.54, 1.807) is 60.6 Å². The molecule has 6 aromatic rings. The van der Waals surface area contributed by atoms with Gasteiger partial charge in [0.05, 0.1) is 47.9 Å². The van der Waals surface area contributed by atoms with Crippen molar-refractivity contribution in [1.82, 2.24) is 30.8 Å². The zero-order valence-electron chi connectivity index (χ0n) is 49.6. The number of nitrogens with zero attached hydrogens (tertiary/aromatic N) is 3. The van der Waals surface area contributed by atoms with E-state index in [4.69, 9.17) is 29.7 Å². The molecule has 0 spiro atoms. The van der Waals surface area contributed by atoms with E-state index >= 15 is 0 Å². The molecule has 3 aliphatic heterocycles. The number of nitrogens with two attached hydrogens (primary N) is 1. The van der Waals surface area contributed by atoms with Gasteiger partial charge in [-0.3, -0.25) is 28.8 Å². The molecular weight excluding hydrogens is 1130 g/mol. The van der Waals surface area contributed by atoms with Crippen LogP contribution in [0.2, 0.25) is 0 Å². The van der Waals surface area contributed by atoms with Gasteiger partial charge in [0.25, 0.3) is 5.56 Å². The zero-order chi connectivity index (χ0) is 62.8. The van der Waals surface area contributed by atoms with E-state index < -0.39 is 71.1 Å². The van der Waals surface area contributed by atoms with Gasteiger partial charge in [-0.15, -0.1) is 0 Å². The Kier molecular flexibility index (Phi) is 19.7. The Balaban J connectivity index is 0.764. The summed E-state index contributed by atoms with van der Waals surface area (Å²) >= 11 is 0. The van der Waals surface area contributed by atoms with Gasteiger partial charge in [0.2, 0.25) is 35.1 Å². The molecule has 2 aromatic heterocycles. The SMILES string of the molecule is CCc1c2c(nc3ccc(O)cc13)-c1cc3c(c(=O)n1C2)COC(=O)[C@@]3(CC)OC(=O)OCc1ccc(NC(=O)[C@H](CCCNC(N)=O)NC(=O)[C@@H](NC(=O)C(C)OCCNC(=O)CCC(=O)N2Cc3ccccc3/C=C\c3ccccc32)C(C)C)cc1. The van der Waals surface area contributed by atoms with Crippen LogP contribution >= 0.6 is 0 Å². The van der Waals surface area contributed by atoms with Crippen LogP contribution in [0.5, 0.6) is 5.75 Å². The molecule has 0 aliphatic carbocycles. The number of pyridine rings is 2. The van der Waals surface area contributed by atoms with E-state index in [1.165, 1.54) is 25.1 Å². The molecule has 0 radical (unpaired) electrons. The third kappa shape index (κ3) is 14.0. The number of benzene rings is 4. The summed E-state index contributed by atoms with van der Waals surface area (Å²) in [4.78, 5) is 127. The smallest absolute Gasteiger partial charge is 0.508 e. The monoisotopic (exact) mass is 1200 g/mol. The molecule has 0 fully saturated rings. The van der Waals surface area contributed by atoms with Crippen LogP contribution in [0, 0.1) is 5.92 Å². The number of phenolic OH excluding ortho intramolecular Hbond substituents is 1. The van der Waals surface area contributed by atoms with Gasteiger partial charge in [0.15, 0.2) is 0 Å². The van der Waals surface area contributed by atoms with Gasteiger partial charge in [-0.2, -0.15) is 0 Å². The van der Waals surface area contributed by atoms with Crippen LogP contribution in [0.4, 0.5) is 21.0 Å². The first-order valence-corrected chi connectivity index (χ1v) is 29.3. The molecule has 5 heterocycles. The third-order valence-corrected chi connectivity index (χ3v) is 15.9. The molecule has 88 heavy (non-hydrogen) atoms. The third-order valence-electron chi connectivity index (χ3n) is 15.9. The first kappa shape index (κ1) is 62.6. The molecule has 4 aromatic carbocycles. The largest absolute Gasteiger partial charge is 0.510 e. The highest BCUT2D eigenvalue weighted by Gasteiger charge is 2.51.